The molecule has 0 saturated carbocycles. The van der Waals surface area contributed by atoms with Gasteiger partial charge in [-0.25, -0.2) is 4.98 Å². The quantitative estimate of drug-likeness (QED) is 0.393. The van der Waals surface area contributed by atoms with Gasteiger partial charge in [-0.3, -0.25) is 9.59 Å². The van der Waals surface area contributed by atoms with Gasteiger partial charge in [-0.05, 0) is 36.2 Å². The Bertz CT molecular complexity index is 1290. The summed E-state index contributed by atoms with van der Waals surface area (Å²) in [6.07, 6.45) is 1.59. The van der Waals surface area contributed by atoms with Crippen LogP contribution in [0.5, 0.6) is 5.75 Å². The summed E-state index contributed by atoms with van der Waals surface area (Å²) in [7, 11) is 0. The van der Waals surface area contributed by atoms with Crippen LogP contribution in [0.4, 0.5) is 5.82 Å². The van der Waals surface area contributed by atoms with E-state index >= 15 is 0 Å². The number of halogens is 1. The van der Waals surface area contributed by atoms with Crippen molar-refractivity contribution in [2.75, 3.05) is 5.32 Å². The van der Waals surface area contributed by atoms with Gasteiger partial charge in [-0.2, -0.15) is 0 Å². The lowest BCUT2D eigenvalue weighted by Gasteiger charge is -2.16. The molecule has 4 rings (SSSR count). The molecule has 0 saturated heterocycles. The number of amides is 1. The SMILES string of the molecule is Cc1cccnc1NC(=O)c1c(OI)c2ccccc2n(Cc2ccccc2)c1=O. The molecule has 0 atom stereocenters. The van der Waals surface area contributed by atoms with Crippen LogP contribution in [0.2, 0.25) is 0 Å². The molecule has 0 spiro atoms. The fraction of sp³-hybridized carbons (Fsp3) is 0.0870. The van der Waals surface area contributed by atoms with Crippen molar-refractivity contribution in [2.45, 2.75) is 13.5 Å². The van der Waals surface area contributed by atoms with Crippen molar-refractivity contribution in [3.8, 4) is 5.75 Å². The first-order valence-corrected chi connectivity index (χ1v) is 10.2. The number of carbonyl (C=O) groups excluding carboxylic acids is 1. The fourth-order valence-corrected chi connectivity index (χ4v) is 3.82. The number of hydrogen-bond acceptors (Lipinski definition) is 4. The Labute approximate surface area is 187 Å². The maximum absolute atomic E-state index is 13.5. The standard InChI is InChI=1S/C23H18IN3O3/c1-15-8-7-13-25-21(15)26-22(28)19-20(30-24)17-11-5-6-12-18(17)27(23(19)29)14-16-9-3-2-4-10-16/h2-13H,14H2,1H3,(H,25,26,28). The Kier molecular flexibility index (Phi) is 5.80. The summed E-state index contributed by atoms with van der Waals surface area (Å²) in [6, 6.07) is 20.7. The van der Waals surface area contributed by atoms with Gasteiger partial charge in [0.15, 0.2) is 28.8 Å². The molecule has 2 aromatic heterocycles. The maximum Gasteiger partial charge on any atom is 0.268 e. The lowest BCUT2D eigenvalue weighted by Crippen LogP contribution is -2.31. The number of nitrogens with one attached hydrogen (secondary N) is 1. The number of anilines is 1. The Morgan fingerprint density at radius 3 is 2.53 bits per heavy atom. The van der Waals surface area contributed by atoms with Gasteiger partial charge in [0.25, 0.3) is 11.5 Å². The van der Waals surface area contributed by atoms with Gasteiger partial charge in [-0.15, -0.1) is 0 Å². The second kappa shape index (κ2) is 8.66. The highest BCUT2D eigenvalue weighted by molar-refractivity contribution is 14.1. The summed E-state index contributed by atoms with van der Waals surface area (Å²) >= 11 is 1.71. The van der Waals surface area contributed by atoms with E-state index in [1.54, 1.807) is 39.8 Å². The molecule has 30 heavy (non-hydrogen) atoms. The van der Waals surface area contributed by atoms with Gasteiger partial charge in [0.2, 0.25) is 0 Å². The number of para-hydroxylation sites is 1. The maximum atomic E-state index is 13.5. The fourth-order valence-electron chi connectivity index (χ4n) is 3.37. The molecule has 0 aliphatic carbocycles. The highest BCUT2D eigenvalue weighted by atomic mass is 127. The predicted molar refractivity (Wildman–Crippen MR) is 125 cm³/mol. The van der Waals surface area contributed by atoms with Crippen LogP contribution in [0.3, 0.4) is 0 Å². The first-order valence-electron chi connectivity index (χ1n) is 9.31. The van der Waals surface area contributed by atoms with Crippen LogP contribution >= 0.6 is 23.0 Å². The van der Waals surface area contributed by atoms with Crippen LogP contribution in [-0.2, 0) is 6.54 Å². The van der Waals surface area contributed by atoms with E-state index in [2.05, 4.69) is 10.3 Å². The molecule has 2 heterocycles. The van der Waals surface area contributed by atoms with Crippen LogP contribution in [-0.4, -0.2) is 15.5 Å². The summed E-state index contributed by atoms with van der Waals surface area (Å²) in [5, 5.41) is 3.44. The second-order valence-electron chi connectivity index (χ2n) is 6.80. The smallest absolute Gasteiger partial charge is 0.268 e. The van der Waals surface area contributed by atoms with Gasteiger partial charge in [0, 0.05) is 11.6 Å². The van der Waals surface area contributed by atoms with E-state index < -0.39 is 11.5 Å². The molecular weight excluding hydrogens is 493 g/mol. The summed E-state index contributed by atoms with van der Waals surface area (Å²) in [5.74, 6) is 0.0942. The predicted octanol–water partition coefficient (Wildman–Crippen LogP) is 4.73. The largest absolute Gasteiger partial charge is 0.426 e. The number of fused-ring (bicyclic) bond motifs is 1. The van der Waals surface area contributed by atoms with Gasteiger partial charge in [0.1, 0.15) is 11.4 Å². The normalized spacial score (nSPS) is 10.7. The third-order valence-corrected chi connectivity index (χ3v) is 5.30. The first-order chi connectivity index (χ1) is 14.6. The number of carbonyl (C=O) groups is 1. The van der Waals surface area contributed by atoms with Crippen molar-refractivity contribution in [1.82, 2.24) is 9.55 Å². The molecule has 7 heteroatoms. The minimum atomic E-state index is -0.555. The highest BCUT2D eigenvalue weighted by Gasteiger charge is 2.24. The van der Waals surface area contributed by atoms with Gasteiger partial charge < -0.3 is 13.0 Å². The minimum Gasteiger partial charge on any atom is -0.426 e. The molecule has 0 unspecified atom stereocenters. The number of benzene rings is 2. The van der Waals surface area contributed by atoms with Gasteiger partial charge in [-0.1, -0.05) is 48.5 Å². The van der Waals surface area contributed by atoms with E-state index in [-0.39, 0.29) is 11.3 Å². The Balaban J connectivity index is 1.90. The zero-order chi connectivity index (χ0) is 21.1. The first kappa shape index (κ1) is 20.1. The summed E-state index contributed by atoms with van der Waals surface area (Å²) < 4.78 is 7.11. The third kappa shape index (κ3) is 3.80. The molecule has 1 amide bonds. The van der Waals surface area contributed by atoms with Crippen LogP contribution in [0, 0.1) is 6.92 Å². The molecule has 0 aliphatic rings. The molecule has 1 N–H and O–H groups in total. The van der Waals surface area contributed by atoms with Crippen LogP contribution in [0.25, 0.3) is 10.9 Å². The molecule has 0 fully saturated rings. The molecule has 0 radical (unpaired) electrons. The zero-order valence-electron chi connectivity index (χ0n) is 16.1. The number of pyridine rings is 2. The van der Waals surface area contributed by atoms with E-state index in [9.17, 15) is 9.59 Å². The monoisotopic (exact) mass is 511 g/mol. The highest BCUT2D eigenvalue weighted by Crippen LogP contribution is 2.30. The molecule has 4 aromatic rings. The number of aromatic nitrogens is 2. The van der Waals surface area contributed by atoms with E-state index in [0.29, 0.717) is 23.3 Å². The number of hydrogen-bond donors (Lipinski definition) is 1. The van der Waals surface area contributed by atoms with Crippen LogP contribution in [0.1, 0.15) is 21.5 Å². The minimum absolute atomic E-state index is 0.0518. The van der Waals surface area contributed by atoms with Gasteiger partial charge >= 0.3 is 0 Å². The second-order valence-corrected chi connectivity index (χ2v) is 7.24. The summed E-state index contributed by atoms with van der Waals surface area (Å²) in [4.78, 5) is 30.8. The van der Waals surface area contributed by atoms with Crippen molar-refractivity contribution in [2.24, 2.45) is 0 Å². The lowest BCUT2D eigenvalue weighted by molar-refractivity contribution is 0.102. The summed E-state index contributed by atoms with van der Waals surface area (Å²) in [6.45, 7) is 2.18. The molecule has 2 aromatic carbocycles. The van der Waals surface area contributed by atoms with Crippen molar-refractivity contribution in [3.05, 3.63) is 100.0 Å². The molecule has 0 bridgehead atoms. The van der Waals surface area contributed by atoms with Crippen LogP contribution in [0.15, 0.2) is 77.7 Å². The van der Waals surface area contributed by atoms with E-state index in [1.807, 2.05) is 67.6 Å². The Morgan fingerprint density at radius 1 is 1.07 bits per heavy atom. The van der Waals surface area contributed by atoms with Crippen molar-refractivity contribution in [1.29, 1.82) is 0 Å². The lowest BCUT2D eigenvalue weighted by atomic mass is 10.1. The average molecular weight is 511 g/mol. The molecular formula is C23H18IN3O3. The van der Waals surface area contributed by atoms with Crippen molar-refractivity contribution < 1.29 is 7.86 Å². The molecule has 150 valence electrons. The number of nitrogens with zero attached hydrogens (tertiary/aromatic N) is 2. The molecule has 6 nitrogen and oxygen atoms in total. The van der Waals surface area contributed by atoms with Crippen molar-refractivity contribution >= 4 is 45.6 Å². The topological polar surface area (TPSA) is 73.2 Å². The third-order valence-electron chi connectivity index (χ3n) is 4.85. The zero-order valence-corrected chi connectivity index (χ0v) is 18.3. The van der Waals surface area contributed by atoms with E-state index in [1.165, 1.54) is 0 Å². The Hall–Kier alpha value is -3.20. The van der Waals surface area contributed by atoms with E-state index in [4.69, 9.17) is 3.07 Å². The Morgan fingerprint density at radius 2 is 1.80 bits per heavy atom. The number of aryl methyl sites for hydroxylation is 1. The number of rotatable bonds is 5. The summed E-state index contributed by atoms with van der Waals surface area (Å²) in [5.41, 5.74) is 1.98. The molecule has 0 aliphatic heterocycles. The van der Waals surface area contributed by atoms with Crippen molar-refractivity contribution in [3.63, 3.8) is 0 Å². The van der Waals surface area contributed by atoms with Crippen LogP contribution < -0.4 is 13.9 Å². The van der Waals surface area contributed by atoms with E-state index in [0.717, 1.165) is 11.1 Å². The average Bonchev–Trinajstić information content (AvgIpc) is 2.77. The van der Waals surface area contributed by atoms with Gasteiger partial charge in [0.05, 0.1) is 12.1 Å².